The zero-order chi connectivity index (χ0) is 22.1. The molecule has 6 heteroatoms. The van der Waals surface area contributed by atoms with Crippen LogP contribution in [0.2, 0.25) is 0 Å². The summed E-state index contributed by atoms with van der Waals surface area (Å²) < 4.78 is 0. The number of nitrogens with zero attached hydrogens (tertiary/aromatic N) is 5. The zero-order valence-corrected chi connectivity index (χ0v) is 18.6. The fourth-order valence-corrected chi connectivity index (χ4v) is 3.08. The van der Waals surface area contributed by atoms with Gasteiger partial charge < -0.3 is 14.9 Å². The van der Waals surface area contributed by atoms with Crippen molar-refractivity contribution in [3.63, 3.8) is 0 Å². The Labute approximate surface area is 184 Å². The van der Waals surface area contributed by atoms with E-state index in [4.69, 9.17) is 0 Å². The maximum absolute atomic E-state index is 9.52. The molecule has 0 aromatic carbocycles. The highest BCUT2D eigenvalue weighted by molar-refractivity contribution is 5.15. The van der Waals surface area contributed by atoms with Crippen LogP contribution in [0.1, 0.15) is 33.8 Å². The number of aliphatic hydroxyl groups excluding tert-OH is 1. The van der Waals surface area contributed by atoms with Gasteiger partial charge in [0.1, 0.15) is 0 Å². The molecule has 0 saturated heterocycles. The van der Waals surface area contributed by atoms with Crippen LogP contribution < -0.4 is 0 Å². The minimum Gasteiger partial charge on any atom is -0.395 e. The van der Waals surface area contributed by atoms with Gasteiger partial charge in [0, 0.05) is 37.5 Å². The van der Waals surface area contributed by atoms with Gasteiger partial charge in [-0.3, -0.25) is 15.0 Å². The largest absolute Gasteiger partial charge is 0.395 e. The third-order valence-electron chi connectivity index (χ3n) is 4.89. The van der Waals surface area contributed by atoms with E-state index in [2.05, 4.69) is 55.1 Å². The molecule has 162 valence electrons. The van der Waals surface area contributed by atoms with Gasteiger partial charge in [0.2, 0.25) is 0 Å². The molecule has 3 aromatic heterocycles. The van der Waals surface area contributed by atoms with E-state index in [1.807, 2.05) is 57.8 Å². The molecule has 0 aliphatic heterocycles. The number of pyridine rings is 3. The lowest BCUT2D eigenvalue weighted by atomic mass is 10.2. The molecule has 0 atom stereocenters. The Hall–Kier alpha value is -3.25. The van der Waals surface area contributed by atoms with Crippen molar-refractivity contribution in [1.29, 1.82) is 0 Å². The molecule has 3 aromatic rings. The van der Waals surface area contributed by atoms with Gasteiger partial charge in [-0.15, -0.1) is 0 Å². The van der Waals surface area contributed by atoms with Gasteiger partial charge in [-0.05, 0) is 55.7 Å². The van der Waals surface area contributed by atoms with E-state index in [1.54, 1.807) is 0 Å². The number of aliphatic hydroxyl groups is 1. The lowest BCUT2D eigenvalue weighted by Gasteiger charge is -2.23. The number of hydrogen-bond acceptors (Lipinski definition) is 6. The first kappa shape index (κ1) is 22.4. The van der Waals surface area contributed by atoms with Crippen molar-refractivity contribution in [1.82, 2.24) is 24.8 Å². The van der Waals surface area contributed by atoms with Crippen LogP contribution in [0.5, 0.6) is 0 Å². The Balaban J connectivity index is 1.76. The average Bonchev–Trinajstić information content (AvgIpc) is 2.76. The highest BCUT2D eigenvalue weighted by Crippen LogP contribution is 2.11. The van der Waals surface area contributed by atoms with Crippen LogP contribution in [0.4, 0.5) is 0 Å². The van der Waals surface area contributed by atoms with Gasteiger partial charge in [-0.1, -0.05) is 18.2 Å². The third-order valence-corrected chi connectivity index (χ3v) is 4.89. The summed E-state index contributed by atoms with van der Waals surface area (Å²) in [5, 5.41) is 9.52. The number of aryl methyl sites for hydroxylation is 3. The monoisotopic (exact) mass is 417 g/mol. The Morgan fingerprint density at radius 2 is 1.03 bits per heavy atom. The van der Waals surface area contributed by atoms with Gasteiger partial charge >= 0.3 is 0 Å². The average molecular weight is 418 g/mol. The van der Waals surface area contributed by atoms with Crippen molar-refractivity contribution < 1.29 is 5.11 Å². The Morgan fingerprint density at radius 1 is 0.645 bits per heavy atom. The molecule has 0 aliphatic carbocycles. The second-order valence-electron chi connectivity index (χ2n) is 7.88. The van der Waals surface area contributed by atoms with Crippen molar-refractivity contribution >= 4 is 0 Å². The summed E-state index contributed by atoms with van der Waals surface area (Å²) in [7, 11) is 0. The smallest absolute Gasteiger partial charge is 0.0606 e. The summed E-state index contributed by atoms with van der Waals surface area (Å²) in [5.41, 5.74) is 6.38. The molecule has 6 nitrogen and oxygen atoms in total. The molecule has 0 bridgehead atoms. The quantitative estimate of drug-likeness (QED) is 0.542. The van der Waals surface area contributed by atoms with Gasteiger partial charge in [0.25, 0.3) is 0 Å². The van der Waals surface area contributed by atoms with Crippen LogP contribution in [0.3, 0.4) is 0 Å². The second kappa shape index (κ2) is 11.2. The van der Waals surface area contributed by atoms with Crippen molar-refractivity contribution in [2.24, 2.45) is 0 Å². The second-order valence-corrected chi connectivity index (χ2v) is 7.88. The van der Waals surface area contributed by atoms with Crippen LogP contribution in [0.25, 0.3) is 0 Å². The van der Waals surface area contributed by atoms with E-state index >= 15 is 0 Å². The van der Waals surface area contributed by atoms with Crippen molar-refractivity contribution in [2.75, 3.05) is 13.2 Å². The third kappa shape index (κ3) is 7.50. The van der Waals surface area contributed by atoms with Crippen molar-refractivity contribution in [3.8, 4) is 0 Å². The van der Waals surface area contributed by atoms with Crippen LogP contribution in [-0.4, -0.2) is 43.0 Å². The van der Waals surface area contributed by atoms with E-state index in [0.29, 0.717) is 26.2 Å². The van der Waals surface area contributed by atoms with E-state index in [-0.39, 0.29) is 6.61 Å². The molecular formula is C25H31N5O. The molecule has 3 heterocycles. The SMILES string of the molecule is Cc1ccc(CN(/C=C/N(Cc2ccc(C)cn2)Cc2ccc(C)cn2)CCO)nc1. The molecule has 0 aliphatic rings. The Bertz CT molecular complexity index is 905. The molecule has 1 N–H and O–H groups in total. The zero-order valence-electron chi connectivity index (χ0n) is 18.6. The number of hydrogen-bond donors (Lipinski definition) is 1. The van der Waals surface area contributed by atoms with Gasteiger partial charge in [0.15, 0.2) is 0 Å². The van der Waals surface area contributed by atoms with Crippen LogP contribution in [-0.2, 0) is 19.6 Å². The predicted molar refractivity (Wildman–Crippen MR) is 123 cm³/mol. The minimum absolute atomic E-state index is 0.0786. The highest BCUT2D eigenvalue weighted by Gasteiger charge is 2.07. The van der Waals surface area contributed by atoms with Crippen molar-refractivity contribution in [2.45, 2.75) is 40.4 Å². The summed E-state index contributed by atoms with van der Waals surface area (Å²) in [6, 6.07) is 12.4. The van der Waals surface area contributed by atoms with Crippen LogP contribution in [0, 0.1) is 20.8 Å². The summed E-state index contributed by atoms with van der Waals surface area (Å²) >= 11 is 0. The fraction of sp³-hybridized carbons (Fsp3) is 0.320. The highest BCUT2D eigenvalue weighted by atomic mass is 16.3. The van der Waals surface area contributed by atoms with E-state index in [1.165, 1.54) is 0 Å². The first-order valence-electron chi connectivity index (χ1n) is 10.5. The first-order valence-corrected chi connectivity index (χ1v) is 10.5. The lowest BCUT2D eigenvalue weighted by molar-refractivity contribution is 0.228. The number of aromatic nitrogens is 3. The summed E-state index contributed by atoms with van der Waals surface area (Å²) in [6.07, 6.45) is 9.71. The topological polar surface area (TPSA) is 65.4 Å². The standard InChI is InChI=1S/C25H31N5O/c1-20-4-7-23(26-14-20)17-29(12-13-31)10-11-30(18-24-8-5-21(2)15-27-24)19-25-9-6-22(3)16-28-25/h4-11,14-16,31H,12-13,17-19H2,1-3H3/b11-10+. The van der Waals surface area contributed by atoms with Gasteiger partial charge in [-0.2, -0.15) is 0 Å². The normalized spacial score (nSPS) is 11.1. The summed E-state index contributed by atoms with van der Waals surface area (Å²) in [4.78, 5) is 17.8. The first-order chi connectivity index (χ1) is 15.0. The van der Waals surface area contributed by atoms with Gasteiger partial charge in [0.05, 0.1) is 43.3 Å². The van der Waals surface area contributed by atoms with Crippen molar-refractivity contribution in [3.05, 3.63) is 101 Å². The Kier molecular flexibility index (Phi) is 8.12. The lowest BCUT2D eigenvalue weighted by Crippen LogP contribution is -2.24. The molecule has 0 radical (unpaired) electrons. The van der Waals surface area contributed by atoms with E-state index in [9.17, 15) is 5.11 Å². The molecule has 0 spiro atoms. The maximum atomic E-state index is 9.52. The molecule has 3 rings (SSSR count). The van der Waals surface area contributed by atoms with Crippen LogP contribution in [0.15, 0.2) is 67.4 Å². The van der Waals surface area contributed by atoms with Crippen LogP contribution >= 0.6 is 0 Å². The van der Waals surface area contributed by atoms with E-state index < -0.39 is 0 Å². The molecular weight excluding hydrogens is 386 g/mol. The van der Waals surface area contributed by atoms with E-state index in [0.717, 1.165) is 33.8 Å². The summed E-state index contributed by atoms with van der Waals surface area (Å²) in [5.74, 6) is 0. The molecule has 0 fully saturated rings. The predicted octanol–water partition coefficient (Wildman–Crippen LogP) is 3.76. The minimum atomic E-state index is 0.0786. The fourth-order valence-electron chi connectivity index (χ4n) is 3.08. The molecule has 0 amide bonds. The summed E-state index contributed by atoms with van der Waals surface area (Å²) in [6.45, 7) is 8.69. The molecule has 0 saturated carbocycles. The Morgan fingerprint density at radius 3 is 1.39 bits per heavy atom. The molecule has 31 heavy (non-hydrogen) atoms. The molecule has 0 unspecified atom stereocenters. The maximum Gasteiger partial charge on any atom is 0.0606 e. The number of rotatable bonds is 10. The van der Waals surface area contributed by atoms with Gasteiger partial charge in [-0.25, -0.2) is 0 Å².